The van der Waals surface area contributed by atoms with Crippen molar-refractivity contribution in [3.05, 3.63) is 134 Å². The number of amides is 7. The van der Waals surface area contributed by atoms with Gasteiger partial charge in [0.25, 0.3) is 5.91 Å². The van der Waals surface area contributed by atoms with Crippen molar-refractivity contribution in [1.29, 1.82) is 0 Å². The summed E-state index contributed by atoms with van der Waals surface area (Å²) in [4.78, 5) is 143. The maximum absolute atomic E-state index is 16.1. The van der Waals surface area contributed by atoms with Crippen LogP contribution in [-0.2, 0) is 57.4 Å². The molecule has 2 saturated heterocycles. The van der Waals surface area contributed by atoms with Gasteiger partial charge in [0.15, 0.2) is 41.2 Å². The molecule has 12 rings (SSSR count). The van der Waals surface area contributed by atoms with Crippen molar-refractivity contribution in [2.45, 2.75) is 195 Å². The molecule has 4 unspecified atom stereocenters. The summed E-state index contributed by atoms with van der Waals surface area (Å²) in [6.45, 7) is 5.07. The molecule has 6 heterocycles. The van der Waals surface area contributed by atoms with Crippen LogP contribution in [0.2, 0.25) is 10.0 Å². The van der Waals surface area contributed by atoms with Gasteiger partial charge < -0.3 is 150 Å². The molecule has 41 heteroatoms. The van der Waals surface area contributed by atoms with Crippen molar-refractivity contribution in [2.24, 2.45) is 34.8 Å². The summed E-state index contributed by atoms with van der Waals surface area (Å²) in [7, 11) is 1.50. The van der Waals surface area contributed by atoms with Gasteiger partial charge in [0.2, 0.25) is 47.5 Å². The SMILES string of the molecule is CN[C@@H](CC(C)C)C(=O)C[C@@H]1C(=O)N[C@H](CC(N)=O)C(=O)C[C@@H]2C(=O)N[C@H](C(N)=O)c3ccc(O)c(c3)-c3c(O)cc(O)cc3C(C(=O)NCCC(O)C(O)CCC(=O)Oc3ccc(N)c(O)c3C(N)=O)NC(=O)C[C@@H](O)c3ccc(c(Cl)c3)Oc3cc2cc(c3OC2O[C@H](CO)[C@H](O)[C@@H](O)[C@H]2O[C@H]2C[C@@](C)(N)[C@@H](O)[C@H](C)O2)Oc2ccc(cc2Cl)[C@@H]1O. The molecule has 0 radical (unpaired) electrons. The van der Waals surface area contributed by atoms with E-state index >= 15 is 14.4 Å². The quantitative estimate of drug-likeness (QED) is 0.0176. The first kappa shape index (κ1) is 94.1. The fourth-order valence-corrected chi connectivity index (χ4v) is 15.3. The van der Waals surface area contributed by atoms with E-state index in [1.165, 1.54) is 39.1 Å². The number of nitrogens with two attached hydrogens (primary N) is 5. The lowest BCUT2D eigenvalue weighted by atomic mass is 9.86. The van der Waals surface area contributed by atoms with Crippen LogP contribution >= 0.6 is 23.2 Å². The highest BCUT2D eigenvalue weighted by Crippen LogP contribution is 2.51. The highest BCUT2D eigenvalue weighted by Gasteiger charge is 2.52. The number of esters is 1. The van der Waals surface area contributed by atoms with Gasteiger partial charge in [0.1, 0.15) is 70.5 Å². The second-order valence-electron chi connectivity index (χ2n) is 31.2. The number of carbonyl (C=O) groups excluding carboxylic acids is 10. The number of aliphatic hydroxyl groups is 8. The predicted octanol–water partition coefficient (Wildman–Crippen LogP) is 1.38. The summed E-state index contributed by atoms with van der Waals surface area (Å²) in [6.07, 6.45) is -26.2. The third-order valence-electron chi connectivity index (χ3n) is 21.5. The van der Waals surface area contributed by atoms with Crippen LogP contribution in [0.15, 0.2) is 91.0 Å². The molecule has 19 atom stereocenters. The largest absolute Gasteiger partial charge is 0.508 e. The molecule has 39 nitrogen and oxygen atoms in total. The zero-order valence-electron chi connectivity index (χ0n) is 66.9. The molecule has 9 bridgehead atoms. The van der Waals surface area contributed by atoms with Gasteiger partial charge in [0, 0.05) is 55.0 Å². The van der Waals surface area contributed by atoms with Crippen LogP contribution in [-0.4, -0.2) is 219 Å². The Morgan fingerprint density at radius 3 is 1.97 bits per heavy atom. The number of ether oxygens (including phenoxy) is 7. The van der Waals surface area contributed by atoms with Gasteiger partial charge in [-0.15, -0.1) is 0 Å². The number of aromatic hydroxyl groups is 4. The summed E-state index contributed by atoms with van der Waals surface area (Å²) >= 11 is 14.2. The minimum atomic E-state index is -2.15. The van der Waals surface area contributed by atoms with Crippen LogP contribution in [0.5, 0.6) is 57.5 Å². The second-order valence-corrected chi connectivity index (χ2v) is 32.0. The van der Waals surface area contributed by atoms with Crippen LogP contribution in [0.25, 0.3) is 11.1 Å². The number of likely N-dealkylation sites (N-methyl/N-ethyl adjacent to an activating group) is 1. The maximum Gasteiger partial charge on any atom is 0.311 e. The predicted molar refractivity (Wildman–Crippen MR) is 432 cm³/mol. The molecule has 6 aliphatic heterocycles. The number of fused-ring (bicyclic) bond motifs is 16. The second kappa shape index (κ2) is 40.0. The molecule has 0 saturated carbocycles. The summed E-state index contributed by atoms with van der Waals surface area (Å²) in [5.41, 5.74) is 24.5. The standard InChI is InChI=1S/C82H98Cl2N10O29/c1-32(2)18-46(90-5)52(101)27-42-69(107)36-8-13-56(44(84)21-36)119-59-23-37-22-58(73(59)123-81-74(72(110)71(109)60(31-95)121-81)122-64-30-82(4,89)75(111)33(3)117-64)118-55-12-7-34(20-43(55)83)51(100)29-62(105)93-68(80(116)91-17-16-50(99)49(98)11-15-63(106)120-57-14-9-45(85)70(108)66(57)76(87)112)41-24-38(96)25-54(103)65(41)40-19-35(6-10-48(40)97)67(77(88)113)94-78(114)39(37)26-53(102)47(28-61(86)104)92-79(42)115/h6-10,12-14,19-25,32-33,39,42,46-47,49-51,60,64,67-69,71-72,74-75,81,90,95-100,103,107-111H,11,15-18,26-31,85,89H2,1-5H3,(H2,86,104)(H2,87,112)(H2,88,113)(H,91,116)(H,92,115)(H,93,105)(H,94,114)/t33-,39-,42-,46-,47+,49?,50?,51+,60+,64-,67-,68?,69-,71-,72+,74+,75-,81?,82+/m0/s1. The number of primary amides is 3. The Balaban J connectivity index is 1.13. The van der Waals surface area contributed by atoms with Crippen molar-refractivity contribution in [3.8, 4) is 68.6 Å². The molecule has 123 heavy (non-hydrogen) atoms. The Labute approximate surface area is 711 Å². The Morgan fingerprint density at radius 1 is 0.715 bits per heavy atom. The smallest absolute Gasteiger partial charge is 0.311 e. The van der Waals surface area contributed by atoms with E-state index in [0.717, 1.165) is 72.8 Å². The normalized spacial score (nSPS) is 25.8. The first-order chi connectivity index (χ1) is 58.0. The third kappa shape index (κ3) is 22.3. The number of carbonyl (C=O) groups is 10. The van der Waals surface area contributed by atoms with E-state index < -0.39 is 317 Å². The number of nitrogen functional groups attached to an aromatic ring is 1. The zero-order chi connectivity index (χ0) is 90.2. The summed E-state index contributed by atoms with van der Waals surface area (Å²) < 4.78 is 43.8. The number of anilines is 1. The number of benzene rings is 6. The van der Waals surface area contributed by atoms with E-state index in [1.54, 1.807) is 0 Å². The lowest BCUT2D eigenvalue weighted by Gasteiger charge is -2.47. The van der Waals surface area contributed by atoms with Gasteiger partial charge in [-0.2, -0.15) is 0 Å². The molecule has 6 aliphatic rings. The van der Waals surface area contributed by atoms with Crippen LogP contribution in [0.4, 0.5) is 5.69 Å². The molecule has 27 N–H and O–H groups in total. The van der Waals surface area contributed by atoms with Crippen LogP contribution in [0, 0.1) is 11.8 Å². The number of ketones is 2. The number of phenolic OH excluding ortho intramolecular Hbond substituents is 3. The summed E-state index contributed by atoms with van der Waals surface area (Å²) in [5.74, 6) is -22.0. The topological polar surface area (TPSA) is 668 Å². The molecule has 6 aromatic carbocycles. The van der Waals surface area contributed by atoms with E-state index in [1.807, 2.05) is 13.8 Å². The zero-order valence-corrected chi connectivity index (χ0v) is 68.4. The number of aliphatic hydroxyl groups excluding tert-OH is 8. The van der Waals surface area contributed by atoms with Crippen LogP contribution in [0.1, 0.15) is 154 Å². The van der Waals surface area contributed by atoms with Crippen LogP contribution < -0.4 is 74.2 Å². The van der Waals surface area contributed by atoms with Gasteiger partial charge in [-0.3, -0.25) is 47.9 Å². The first-order valence-electron chi connectivity index (χ1n) is 38.9. The molecule has 0 spiro atoms. The van der Waals surface area contributed by atoms with E-state index in [-0.39, 0.29) is 51.9 Å². The van der Waals surface area contributed by atoms with Gasteiger partial charge in [0.05, 0.1) is 95.7 Å². The van der Waals surface area contributed by atoms with E-state index in [2.05, 4.69) is 26.6 Å². The van der Waals surface area contributed by atoms with Gasteiger partial charge in [-0.05, 0) is 141 Å². The lowest BCUT2D eigenvalue weighted by molar-refractivity contribution is -0.333. The Morgan fingerprint density at radius 2 is 1.36 bits per heavy atom. The highest BCUT2D eigenvalue weighted by atomic mass is 35.5. The number of Topliss-reactive ketones (excluding diaryl/α,β-unsaturated/α-hetero) is 2. The molecule has 7 amide bonds. The van der Waals surface area contributed by atoms with E-state index in [4.69, 9.17) is 85.0 Å². The molecule has 0 aliphatic carbocycles. The molecular formula is C82H98Cl2N10O29. The Bertz CT molecular complexity index is 5000. The number of nitrogens with one attached hydrogen (secondary N) is 5. The average Bonchev–Trinajstić information content (AvgIpc) is 0.765. The number of rotatable bonds is 24. The Kier molecular flexibility index (Phi) is 30.6. The highest BCUT2D eigenvalue weighted by molar-refractivity contribution is 6.32. The molecule has 2 fully saturated rings. The van der Waals surface area contributed by atoms with E-state index in [9.17, 15) is 94.8 Å². The summed E-state index contributed by atoms with van der Waals surface area (Å²) in [6, 6.07) is 8.72. The first-order valence-corrected chi connectivity index (χ1v) is 39.6. The minimum absolute atomic E-state index is 0.0782. The van der Waals surface area contributed by atoms with Gasteiger partial charge in [-0.25, -0.2) is 0 Å². The molecule has 6 aromatic rings. The van der Waals surface area contributed by atoms with Crippen molar-refractivity contribution in [1.82, 2.24) is 26.6 Å². The average molecular weight is 1760 g/mol. The maximum atomic E-state index is 16.1. The number of phenols is 4. The van der Waals surface area contributed by atoms with Gasteiger partial charge >= 0.3 is 5.97 Å². The summed E-state index contributed by atoms with van der Waals surface area (Å²) in [5, 5.41) is 149. The van der Waals surface area contributed by atoms with Crippen molar-refractivity contribution >= 4 is 87.8 Å². The van der Waals surface area contributed by atoms with Crippen LogP contribution in [0.3, 0.4) is 0 Å². The minimum Gasteiger partial charge on any atom is -0.508 e. The van der Waals surface area contributed by atoms with Crippen molar-refractivity contribution in [3.63, 3.8) is 0 Å². The number of hydrogen-bond acceptors (Lipinski definition) is 32. The van der Waals surface area contributed by atoms with Crippen molar-refractivity contribution < 1.29 is 142 Å². The van der Waals surface area contributed by atoms with E-state index in [0.29, 0.717) is 0 Å². The monoisotopic (exact) mass is 1760 g/mol. The van der Waals surface area contributed by atoms with Gasteiger partial charge in [-0.1, -0.05) is 55.2 Å². The Hall–Kier alpha value is -11.1. The lowest BCUT2D eigenvalue weighted by Crippen LogP contribution is -2.64. The molecule has 0 aromatic heterocycles. The number of halogens is 2. The third-order valence-corrected chi connectivity index (χ3v) is 22.0. The number of hydrogen-bond donors (Lipinski definition) is 22. The fraction of sp³-hybridized carbons (Fsp3) is 0.439. The molecular weight excluding hydrogens is 1660 g/mol. The van der Waals surface area contributed by atoms with Crippen molar-refractivity contribution in [2.75, 3.05) is 25.9 Å². The fourth-order valence-electron chi connectivity index (χ4n) is 14.8. The molecule has 664 valence electrons.